The van der Waals surface area contributed by atoms with Crippen LogP contribution in [0, 0.1) is 0 Å². The molecule has 0 saturated heterocycles. The van der Waals surface area contributed by atoms with Gasteiger partial charge >= 0.3 is 0 Å². The maximum absolute atomic E-state index is 12.9. The van der Waals surface area contributed by atoms with Crippen LogP contribution in [0.25, 0.3) is 11.0 Å². The highest BCUT2D eigenvalue weighted by molar-refractivity contribution is 7.98. The molecule has 1 fully saturated rings. The molecule has 0 bridgehead atoms. The Labute approximate surface area is 173 Å². The van der Waals surface area contributed by atoms with Crippen molar-refractivity contribution in [2.45, 2.75) is 48.5 Å². The Morgan fingerprint density at radius 2 is 1.82 bits per heavy atom. The van der Waals surface area contributed by atoms with Crippen molar-refractivity contribution in [2.75, 3.05) is 0 Å². The van der Waals surface area contributed by atoms with Crippen molar-refractivity contribution in [1.29, 1.82) is 0 Å². The van der Waals surface area contributed by atoms with E-state index in [0.29, 0.717) is 16.5 Å². The third kappa shape index (κ3) is 4.37. The minimum Gasteiger partial charge on any atom is -0.451 e. The molecule has 28 heavy (non-hydrogen) atoms. The minimum atomic E-state index is -0.245. The van der Waals surface area contributed by atoms with Gasteiger partial charge in [0.25, 0.3) is 5.91 Å². The molecule has 1 saturated carbocycles. The zero-order valence-electron chi connectivity index (χ0n) is 15.4. The maximum atomic E-state index is 12.9. The van der Waals surface area contributed by atoms with E-state index in [1.54, 1.807) is 11.8 Å². The van der Waals surface area contributed by atoms with Crippen molar-refractivity contribution >= 4 is 40.2 Å². The van der Waals surface area contributed by atoms with Crippen LogP contribution in [0.2, 0.25) is 5.02 Å². The Hall–Kier alpha value is -1.95. The predicted octanol–water partition coefficient (Wildman–Crippen LogP) is 5.41. The molecule has 2 aromatic carbocycles. The smallest absolute Gasteiger partial charge is 0.287 e. The molecule has 0 spiro atoms. The standard InChI is InChI=1S/C22H22ClNO3S/c23-14-5-11-17(12-6-14)28-13-19-18-3-1-2-4-20(18)27-21(19)22(26)24-15-7-9-16(25)10-8-15/h1-6,11-12,15-16,25H,7-10,13H2,(H,24,26). The van der Waals surface area contributed by atoms with Crippen LogP contribution < -0.4 is 5.32 Å². The van der Waals surface area contributed by atoms with Crippen molar-refractivity contribution < 1.29 is 14.3 Å². The first kappa shape index (κ1) is 19.4. The normalized spacial score (nSPS) is 19.6. The van der Waals surface area contributed by atoms with E-state index in [4.69, 9.17) is 16.0 Å². The van der Waals surface area contributed by atoms with E-state index in [-0.39, 0.29) is 18.1 Å². The quantitative estimate of drug-likeness (QED) is 0.547. The van der Waals surface area contributed by atoms with Gasteiger partial charge in [-0.05, 0) is 56.0 Å². The first-order valence-electron chi connectivity index (χ1n) is 9.48. The SMILES string of the molecule is O=C(NC1CCC(O)CC1)c1oc2ccccc2c1CSc1ccc(Cl)cc1. The van der Waals surface area contributed by atoms with Gasteiger partial charge in [-0.1, -0.05) is 29.8 Å². The summed E-state index contributed by atoms with van der Waals surface area (Å²) in [5.74, 6) is 0.836. The largest absolute Gasteiger partial charge is 0.451 e. The summed E-state index contributed by atoms with van der Waals surface area (Å²) in [6, 6.07) is 15.5. The van der Waals surface area contributed by atoms with Gasteiger partial charge < -0.3 is 14.8 Å². The van der Waals surface area contributed by atoms with Gasteiger partial charge in [0, 0.05) is 32.7 Å². The predicted molar refractivity (Wildman–Crippen MR) is 113 cm³/mol. The van der Waals surface area contributed by atoms with Crippen LogP contribution in [-0.2, 0) is 5.75 Å². The van der Waals surface area contributed by atoms with Crippen molar-refractivity contribution in [1.82, 2.24) is 5.32 Å². The van der Waals surface area contributed by atoms with Crippen molar-refractivity contribution in [3.8, 4) is 0 Å². The molecule has 1 amide bonds. The number of rotatable bonds is 5. The Kier molecular flexibility index (Phi) is 5.95. The summed E-state index contributed by atoms with van der Waals surface area (Å²) in [5, 5.41) is 14.4. The number of hydrogen-bond acceptors (Lipinski definition) is 4. The molecular formula is C22H22ClNO3S. The number of carbonyl (C=O) groups excluding carboxylic acids is 1. The van der Waals surface area contributed by atoms with Crippen LogP contribution in [0.4, 0.5) is 0 Å². The molecule has 1 heterocycles. The van der Waals surface area contributed by atoms with E-state index in [1.807, 2.05) is 48.5 Å². The van der Waals surface area contributed by atoms with Crippen molar-refractivity contribution in [3.63, 3.8) is 0 Å². The molecule has 0 atom stereocenters. The highest BCUT2D eigenvalue weighted by Crippen LogP contribution is 2.33. The molecule has 1 aliphatic carbocycles. The van der Waals surface area contributed by atoms with Gasteiger partial charge in [-0.15, -0.1) is 11.8 Å². The summed E-state index contributed by atoms with van der Waals surface area (Å²) >= 11 is 7.61. The number of halogens is 1. The summed E-state index contributed by atoms with van der Waals surface area (Å²) in [4.78, 5) is 14.0. The number of nitrogens with one attached hydrogen (secondary N) is 1. The first-order chi connectivity index (χ1) is 13.6. The third-order valence-corrected chi connectivity index (χ3v) is 6.42. The van der Waals surface area contributed by atoms with Crippen LogP contribution in [0.3, 0.4) is 0 Å². The van der Waals surface area contributed by atoms with E-state index in [0.717, 1.165) is 47.1 Å². The fourth-order valence-corrected chi connectivity index (χ4v) is 4.64. The second-order valence-corrected chi connectivity index (χ2v) is 8.61. The maximum Gasteiger partial charge on any atom is 0.287 e. The molecule has 2 N–H and O–H groups in total. The van der Waals surface area contributed by atoms with Gasteiger partial charge in [0.1, 0.15) is 5.58 Å². The minimum absolute atomic E-state index is 0.0841. The highest BCUT2D eigenvalue weighted by atomic mass is 35.5. The van der Waals surface area contributed by atoms with Gasteiger partial charge in [0.2, 0.25) is 0 Å². The van der Waals surface area contributed by atoms with Gasteiger partial charge in [-0.2, -0.15) is 0 Å². The summed E-state index contributed by atoms with van der Waals surface area (Å²) < 4.78 is 5.94. The zero-order chi connectivity index (χ0) is 19.5. The fourth-order valence-electron chi connectivity index (χ4n) is 3.58. The Balaban J connectivity index is 1.55. The second kappa shape index (κ2) is 8.60. The number of hydrogen-bond donors (Lipinski definition) is 2. The summed E-state index contributed by atoms with van der Waals surface area (Å²) in [6.45, 7) is 0. The van der Waals surface area contributed by atoms with Crippen molar-refractivity contribution in [3.05, 3.63) is 64.9 Å². The second-order valence-electron chi connectivity index (χ2n) is 7.13. The molecule has 0 unspecified atom stereocenters. The molecule has 0 aliphatic heterocycles. The van der Waals surface area contributed by atoms with E-state index in [2.05, 4.69) is 5.32 Å². The number of para-hydroxylation sites is 1. The number of furan rings is 1. The molecule has 1 aromatic heterocycles. The van der Waals surface area contributed by atoms with E-state index in [1.165, 1.54) is 0 Å². The van der Waals surface area contributed by atoms with Crippen molar-refractivity contribution in [2.24, 2.45) is 0 Å². The zero-order valence-corrected chi connectivity index (χ0v) is 16.9. The molecule has 6 heteroatoms. The molecular weight excluding hydrogens is 394 g/mol. The fraction of sp³-hybridized carbons (Fsp3) is 0.318. The lowest BCUT2D eigenvalue weighted by atomic mass is 9.93. The Bertz CT molecular complexity index is 962. The topological polar surface area (TPSA) is 62.5 Å². The number of carbonyl (C=O) groups is 1. The van der Waals surface area contributed by atoms with Gasteiger partial charge in [-0.25, -0.2) is 0 Å². The molecule has 3 aromatic rings. The van der Waals surface area contributed by atoms with Crippen LogP contribution >= 0.6 is 23.4 Å². The van der Waals surface area contributed by atoms with Gasteiger partial charge in [0.05, 0.1) is 6.10 Å². The van der Waals surface area contributed by atoms with Crippen LogP contribution in [-0.4, -0.2) is 23.2 Å². The molecule has 0 radical (unpaired) electrons. The van der Waals surface area contributed by atoms with Crippen LogP contribution in [0.5, 0.6) is 0 Å². The summed E-state index contributed by atoms with van der Waals surface area (Å²) in [6.07, 6.45) is 2.80. The third-order valence-electron chi connectivity index (χ3n) is 5.13. The lowest BCUT2D eigenvalue weighted by Crippen LogP contribution is -2.38. The van der Waals surface area contributed by atoms with Crippen LogP contribution in [0.1, 0.15) is 41.8 Å². The molecule has 4 nitrogen and oxygen atoms in total. The first-order valence-corrected chi connectivity index (χ1v) is 10.8. The average Bonchev–Trinajstić information content (AvgIpc) is 3.08. The number of aliphatic hydroxyl groups excluding tert-OH is 1. The van der Waals surface area contributed by atoms with Gasteiger partial charge in [0.15, 0.2) is 5.76 Å². The number of thioether (sulfide) groups is 1. The van der Waals surface area contributed by atoms with Crippen LogP contribution in [0.15, 0.2) is 57.8 Å². The summed E-state index contributed by atoms with van der Waals surface area (Å²) in [5.41, 5.74) is 1.63. The van der Waals surface area contributed by atoms with E-state index >= 15 is 0 Å². The van der Waals surface area contributed by atoms with E-state index in [9.17, 15) is 9.90 Å². The molecule has 146 valence electrons. The van der Waals surface area contributed by atoms with E-state index < -0.39 is 0 Å². The highest BCUT2D eigenvalue weighted by Gasteiger charge is 2.25. The number of aliphatic hydroxyl groups is 1. The van der Waals surface area contributed by atoms with Gasteiger partial charge in [-0.3, -0.25) is 4.79 Å². The lowest BCUT2D eigenvalue weighted by molar-refractivity contribution is 0.0844. The lowest BCUT2D eigenvalue weighted by Gasteiger charge is -2.25. The summed E-state index contributed by atoms with van der Waals surface area (Å²) in [7, 11) is 0. The number of benzene rings is 2. The average molecular weight is 416 g/mol. The Morgan fingerprint density at radius 3 is 2.57 bits per heavy atom. The molecule has 4 rings (SSSR count). The Morgan fingerprint density at radius 1 is 1.11 bits per heavy atom. The molecule has 1 aliphatic rings. The number of amides is 1. The number of fused-ring (bicyclic) bond motifs is 1. The monoisotopic (exact) mass is 415 g/mol.